The van der Waals surface area contributed by atoms with Crippen molar-refractivity contribution < 1.29 is 29.0 Å². The molecule has 2 aliphatic rings. The summed E-state index contributed by atoms with van der Waals surface area (Å²) < 4.78 is 12.1. The molecule has 0 unspecified atom stereocenters. The van der Waals surface area contributed by atoms with Gasteiger partial charge < -0.3 is 19.4 Å². The average Bonchev–Trinajstić information content (AvgIpc) is 2.60. The minimum Gasteiger partial charge on any atom is -0.504 e. The van der Waals surface area contributed by atoms with Crippen molar-refractivity contribution >= 4 is 19.9 Å². The molecule has 0 heterocycles. The van der Waals surface area contributed by atoms with Gasteiger partial charge in [-0.3, -0.25) is 9.59 Å². The van der Waals surface area contributed by atoms with Gasteiger partial charge in [0.15, 0.2) is 31.4 Å². The number of methoxy groups -OCH3 is 1. The van der Waals surface area contributed by atoms with E-state index >= 15 is 0 Å². The zero-order valence-electron chi connectivity index (χ0n) is 17.9. The summed E-state index contributed by atoms with van der Waals surface area (Å²) in [6.45, 7) is 10.7. The number of rotatable bonds is 4. The Bertz CT molecular complexity index is 867. The molecule has 2 aliphatic carbocycles. The summed E-state index contributed by atoms with van der Waals surface area (Å²) in [4.78, 5) is 26.0. The Morgan fingerprint density at radius 3 is 2.31 bits per heavy atom. The number of benzene rings is 1. The van der Waals surface area contributed by atoms with Crippen molar-refractivity contribution in [2.24, 2.45) is 11.8 Å². The zero-order valence-corrected chi connectivity index (χ0v) is 18.9. The summed E-state index contributed by atoms with van der Waals surface area (Å²) in [5, 5.41) is 19.7. The van der Waals surface area contributed by atoms with Crippen LogP contribution in [0.25, 0.3) is 0 Å². The molecular weight excluding hydrogens is 388 g/mol. The minimum atomic E-state index is -2.21. The van der Waals surface area contributed by atoms with E-state index in [-0.39, 0.29) is 34.2 Å². The third-order valence-electron chi connectivity index (χ3n) is 6.68. The molecular formula is C22H30O6Si. The Balaban J connectivity index is 2.11. The van der Waals surface area contributed by atoms with Crippen molar-refractivity contribution in [3.05, 3.63) is 35.6 Å². The summed E-state index contributed by atoms with van der Waals surface area (Å²) in [5.41, 5.74) is 0.614. The molecule has 1 saturated carbocycles. The summed E-state index contributed by atoms with van der Waals surface area (Å²) in [6, 6.07) is 4.46. The van der Waals surface area contributed by atoms with E-state index in [4.69, 9.17) is 9.16 Å². The van der Waals surface area contributed by atoms with E-state index in [2.05, 4.69) is 33.9 Å². The molecule has 1 aromatic carbocycles. The van der Waals surface area contributed by atoms with E-state index in [0.717, 1.165) is 0 Å². The molecule has 2 bridgehead atoms. The number of Topliss-reactive ketones (excluding diaryl/α,β-unsaturated/α-hetero) is 1. The first-order valence-electron chi connectivity index (χ1n) is 9.90. The highest BCUT2D eigenvalue weighted by atomic mass is 28.4. The summed E-state index contributed by atoms with van der Waals surface area (Å²) in [6.07, 6.45) is 1.46. The Morgan fingerprint density at radius 2 is 1.76 bits per heavy atom. The van der Waals surface area contributed by atoms with Crippen molar-refractivity contribution in [1.29, 1.82) is 0 Å². The number of hydrogen-bond donors (Lipinski definition) is 2. The van der Waals surface area contributed by atoms with E-state index in [0.29, 0.717) is 17.7 Å². The maximum atomic E-state index is 13.1. The number of carbonyl (C=O) groups excluding carboxylic acids is 2. The molecule has 4 atom stereocenters. The highest BCUT2D eigenvalue weighted by Gasteiger charge is 2.54. The van der Waals surface area contributed by atoms with Gasteiger partial charge in [-0.25, -0.2) is 0 Å². The molecule has 3 rings (SSSR count). The monoisotopic (exact) mass is 418 g/mol. The highest BCUT2D eigenvalue weighted by molar-refractivity contribution is 6.74. The number of phenols is 2. The van der Waals surface area contributed by atoms with Gasteiger partial charge >= 0.3 is 0 Å². The highest BCUT2D eigenvalue weighted by Crippen LogP contribution is 2.49. The second-order valence-electron chi connectivity index (χ2n) is 9.51. The number of hydrogen-bond acceptors (Lipinski definition) is 6. The predicted molar refractivity (Wildman–Crippen MR) is 111 cm³/mol. The maximum absolute atomic E-state index is 13.1. The van der Waals surface area contributed by atoms with Crippen LogP contribution in [0.4, 0.5) is 0 Å². The fourth-order valence-electron chi connectivity index (χ4n) is 4.04. The molecule has 0 aromatic heterocycles. The maximum Gasteiger partial charge on any atom is 0.192 e. The summed E-state index contributed by atoms with van der Waals surface area (Å²) >= 11 is 0. The summed E-state index contributed by atoms with van der Waals surface area (Å²) in [7, 11) is -0.738. The van der Waals surface area contributed by atoms with Crippen LogP contribution in [-0.2, 0) is 18.8 Å². The first-order valence-corrected chi connectivity index (χ1v) is 12.8. The number of phenolic OH excluding ortho intramolecular Hbond substituents is 2. The van der Waals surface area contributed by atoms with Crippen molar-refractivity contribution in [2.75, 3.05) is 7.11 Å². The first kappa shape index (κ1) is 21.6. The fourth-order valence-corrected chi connectivity index (χ4v) is 5.39. The standard InChI is InChI=1S/C22H30O6Si/c1-22(2,3)29(5,6)28-18-10-13-17(27-4)11-16(25)20(21(13)26)19(18)12-7-8-14(23)15(24)9-12/h7-9,11,13,18-20,23-24H,10H2,1-6H3/t13-,18+,19-,20-/m1/s1. The lowest BCUT2D eigenvalue weighted by atomic mass is 9.64. The number of aromatic hydroxyl groups is 2. The molecule has 0 aliphatic heterocycles. The second-order valence-corrected chi connectivity index (χ2v) is 14.3. The normalized spacial score (nSPS) is 27.6. The van der Waals surface area contributed by atoms with Crippen LogP contribution >= 0.6 is 0 Å². The quantitative estimate of drug-likeness (QED) is 0.438. The lowest BCUT2D eigenvalue weighted by molar-refractivity contribution is -0.141. The lowest BCUT2D eigenvalue weighted by Gasteiger charge is -2.47. The van der Waals surface area contributed by atoms with E-state index in [1.165, 1.54) is 25.3 Å². The van der Waals surface area contributed by atoms with E-state index in [1.54, 1.807) is 6.07 Å². The van der Waals surface area contributed by atoms with Crippen molar-refractivity contribution in [1.82, 2.24) is 0 Å². The molecule has 1 aromatic rings. The molecule has 0 spiro atoms. The molecule has 0 amide bonds. The van der Waals surface area contributed by atoms with Crippen LogP contribution in [0.1, 0.15) is 38.7 Å². The molecule has 0 saturated heterocycles. The van der Waals surface area contributed by atoms with Crippen molar-refractivity contribution in [3.8, 4) is 11.5 Å². The van der Waals surface area contributed by atoms with Gasteiger partial charge in [-0.2, -0.15) is 0 Å². The van der Waals surface area contributed by atoms with Crippen LogP contribution in [0.15, 0.2) is 30.0 Å². The molecule has 29 heavy (non-hydrogen) atoms. The topological polar surface area (TPSA) is 93.1 Å². The van der Waals surface area contributed by atoms with Gasteiger partial charge in [0.25, 0.3) is 0 Å². The van der Waals surface area contributed by atoms with Crippen LogP contribution in [-0.4, -0.2) is 43.3 Å². The fraction of sp³-hybridized carbons (Fsp3) is 0.545. The number of ketones is 2. The predicted octanol–water partition coefficient (Wildman–Crippen LogP) is 3.89. The van der Waals surface area contributed by atoms with Gasteiger partial charge in [-0.15, -0.1) is 0 Å². The molecule has 6 nitrogen and oxygen atoms in total. The van der Waals surface area contributed by atoms with Gasteiger partial charge in [0.05, 0.1) is 25.0 Å². The van der Waals surface area contributed by atoms with Crippen LogP contribution in [0.3, 0.4) is 0 Å². The lowest BCUT2D eigenvalue weighted by Crippen LogP contribution is -2.54. The molecule has 7 heteroatoms. The largest absolute Gasteiger partial charge is 0.504 e. The van der Waals surface area contributed by atoms with Gasteiger partial charge in [-0.05, 0) is 42.2 Å². The SMILES string of the molecule is COC1=CC(=O)[C@H]2C(=O)[C@@H]1C[C@H](O[Si](C)(C)C(C)(C)C)[C@H]2c1ccc(O)c(O)c1. The number of ether oxygens (including phenoxy) is 1. The Kier molecular flexibility index (Phi) is 5.42. The van der Waals surface area contributed by atoms with Crippen LogP contribution < -0.4 is 0 Å². The smallest absolute Gasteiger partial charge is 0.192 e. The number of allylic oxidation sites excluding steroid dienone is 2. The summed E-state index contributed by atoms with van der Waals surface area (Å²) in [5.74, 6) is -2.50. The van der Waals surface area contributed by atoms with E-state index in [9.17, 15) is 19.8 Å². The van der Waals surface area contributed by atoms with Crippen LogP contribution in [0, 0.1) is 11.8 Å². The molecule has 2 N–H and O–H groups in total. The molecule has 0 radical (unpaired) electrons. The average molecular weight is 419 g/mol. The van der Waals surface area contributed by atoms with Crippen LogP contribution in [0.2, 0.25) is 18.1 Å². The van der Waals surface area contributed by atoms with Crippen molar-refractivity contribution in [3.63, 3.8) is 0 Å². The molecule has 1 fully saturated rings. The second kappa shape index (κ2) is 7.29. The third-order valence-corrected chi connectivity index (χ3v) is 11.2. The number of carbonyl (C=O) groups is 2. The van der Waals surface area contributed by atoms with Crippen molar-refractivity contribution in [2.45, 2.75) is 57.3 Å². The van der Waals surface area contributed by atoms with Crippen LogP contribution in [0.5, 0.6) is 11.5 Å². The Morgan fingerprint density at radius 1 is 1.10 bits per heavy atom. The Hall–Kier alpha value is -2.12. The van der Waals surface area contributed by atoms with Gasteiger partial charge in [0.1, 0.15) is 5.76 Å². The Labute approximate surface area is 172 Å². The van der Waals surface area contributed by atoms with E-state index < -0.39 is 26.1 Å². The van der Waals surface area contributed by atoms with Gasteiger partial charge in [0.2, 0.25) is 0 Å². The minimum absolute atomic E-state index is 0.0465. The molecule has 158 valence electrons. The van der Waals surface area contributed by atoms with Gasteiger partial charge in [0, 0.05) is 12.0 Å². The third kappa shape index (κ3) is 3.73. The van der Waals surface area contributed by atoms with Gasteiger partial charge in [-0.1, -0.05) is 26.8 Å². The van der Waals surface area contributed by atoms with E-state index in [1.807, 2.05) is 0 Å². The first-order chi connectivity index (χ1) is 13.4. The number of fused-ring (bicyclic) bond motifs is 2. The zero-order chi connectivity index (χ0) is 21.7.